The second-order valence-corrected chi connectivity index (χ2v) is 5.28. The highest BCUT2D eigenvalue weighted by Gasteiger charge is 2.22. The van der Waals surface area contributed by atoms with Crippen LogP contribution in [0.5, 0.6) is 0 Å². The fourth-order valence-corrected chi connectivity index (χ4v) is 2.00. The van der Waals surface area contributed by atoms with Gasteiger partial charge in [-0.3, -0.25) is 0 Å². The molecule has 4 nitrogen and oxygen atoms in total. The molecule has 0 amide bonds. The predicted molar refractivity (Wildman–Crippen MR) is 69.9 cm³/mol. The normalized spacial score (nSPS) is 14.6. The molecule has 5 heteroatoms. The molecule has 0 saturated heterocycles. The first-order valence-electron chi connectivity index (χ1n) is 6.31. The summed E-state index contributed by atoms with van der Waals surface area (Å²) in [4.78, 5) is 7.72. The summed E-state index contributed by atoms with van der Waals surface area (Å²) in [6.07, 6.45) is 2.50. The van der Waals surface area contributed by atoms with Gasteiger partial charge < -0.3 is 10.4 Å². The third-order valence-electron chi connectivity index (χ3n) is 2.68. The van der Waals surface area contributed by atoms with Gasteiger partial charge in [0.25, 0.3) is 0 Å². The van der Waals surface area contributed by atoms with Crippen LogP contribution in [0.1, 0.15) is 39.8 Å². The minimum absolute atomic E-state index is 0.158. The highest BCUT2D eigenvalue weighted by molar-refractivity contribution is 5.37. The molecule has 0 radical (unpaired) electrons. The SMILES string of the molecule is CCc1ncnc(NCC(C)(O)CC(C)C)c1F. The maximum atomic E-state index is 13.8. The number of aromatic nitrogens is 2. The lowest BCUT2D eigenvalue weighted by Gasteiger charge is -2.25. The molecule has 1 heterocycles. The number of hydrogen-bond acceptors (Lipinski definition) is 4. The van der Waals surface area contributed by atoms with E-state index in [9.17, 15) is 9.50 Å². The number of hydrogen-bond donors (Lipinski definition) is 2. The Kier molecular flexibility index (Phi) is 5.02. The molecule has 1 unspecified atom stereocenters. The van der Waals surface area contributed by atoms with Gasteiger partial charge in [-0.15, -0.1) is 0 Å². The summed E-state index contributed by atoms with van der Waals surface area (Å²) in [6.45, 7) is 7.91. The zero-order valence-electron chi connectivity index (χ0n) is 11.5. The number of aryl methyl sites for hydroxylation is 1. The Morgan fingerprint density at radius 3 is 2.67 bits per heavy atom. The summed E-state index contributed by atoms with van der Waals surface area (Å²) < 4.78 is 13.8. The van der Waals surface area contributed by atoms with Crippen LogP contribution in [0.2, 0.25) is 0 Å². The fraction of sp³-hybridized carbons (Fsp3) is 0.692. The second-order valence-electron chi connectivity index (χ2n) is 5.28. The highest BCUT2D eigenvalue weighted by Crippen LogP contribution is 2.19. The highest BCUT2D eigenvalue weighted by atomic mass is 19.1. The predicted octanol–water partition coefficient (Wildman–Crippen LogP) is 2.39. The van der Waals surface area contributed by atoms with Crippen molar-refractivity contribution in [2.75, 3.05) is 11.9 Å². The second kappa shape index (κ2) is 6.09. The van der Waals surface area contributed by atoms with Crippen LogP contribution in [0.4, 0.5) is 10.2 Å². The number of halogens is 1. The van der Waals surface area contributed by atoms with Crippen molar-refractivity contribution in [3.05, 3.63) is 17.8 Å². The lowest BCUT2D eigenvalue weighted by atomic mass is 9.94. The zero-order valence-corrected chi connectivity index (χ0v) is 11.5. The quantitative estimate of drug-likeness (QED) is 0.819. The number of nitrogens with one attached hydrogen (secondary N) is 1. The molecule has 0 saturated carbocycles. The average molecular weight is 255 g/mol. The van der Waals surface area contributed by atoms with Crippen molar-refractivity contribution in [2.24, 2.45) is 5.92 Å². The summed E-state index contributed by atoms with van der Waals surface area (Å²) >= 11 is 0. The summed E-state index contributed by atoms with van der Waals surface area (Å²) in [5, 5.41) is 13.0. The van der Waals surface area contributed by atoms with E-state index in [0.717, 1.165) is 0 Å². The third-order valence-corrected chi connectivity index (χ3v) is 2.68. The van der Waals surface area contributed by atoms with E-state index in [1.807, 2.05) is 20.8 Å². The average Bonchev–Trinajstić information content (AvgIpc) is 2.26. The van der Waals surface area contributed by atoms with E-state index in [-0.39, 0.29) is 12.4 Å². The molecule has 0 aliphatic rings. The van der Waals surface area contributed by atoms with Gasteiger partial charge in [0.2, 0.25) is 0 Å². The van der Waals surface area contributed by atoms with Gasteiger partial charge in [0, 0.05) is 6.54 Å². The summed E-state index contributed by atoms with van der Waals surface area (Å²) in [5.74, 6) is 0.106. The third kappa shape index (κ3) is 4.22. The van der Waals surface area contributed by atoms with Crippen molar-refractivity contribution in [3.63, 3.8) is 0 Å². The number of aliphatic hydroxyl groups is 1. The Labute approximate surface area is 108 Å². The van der Waals surface area contributed by atoms with E-state index in [4.69, 9.17) is 0 Å². The monoisotopic (exact) mass is 255 g/mol. The molecule has 18 heavy (non-hydrogen) atoms. The van der Waals surface area contributed by atoms with Crippen LogP contribution in [0.3, 0.4) is 0 Å². The molecule has 0 fully saturated rings. The maximum Gasteiger partial charge on any atom is 0.186 e. The molecule has 0 bridgehead atoms. The molecule has 0 spiro atoms. The van der Waals surface area contributed by atoms with Gasteiger partial charge in [-0.25, -0.2) is 14.4 Å². The fourth-order valence-electron chi connectivity index (χ4n) is 2.00. The first-order valence-corrected chi connectivity index (χ1v) is 6.31. The van der Waals surface area contributed by atoms with Crippen molar-refractivity contribution >= 4 is 5.82 Å². The van der Waals surface area contributed by atoms with E-state index in [2.05, 4.69) is 15.3 Å². The van der Waals surface area contributed by atoms with Crippen molar-refractivity contribution < 1.29 is 9.50 Å². The topological polar surface area (TPSA) is 58.0 Å². The zero-order chi connectivity index (χ0) is 13.8. The molecule has 1 rings (SSSR count). The van der Waals surface area contributed by atoms with E-state index in [0.29, 0.717) is 24.5 Å². The Morgan fingerprint density at radius 1 is 1.44 bits per heavy atom. The van der Waals surface area contributed by atoms with Crippen LogP contribution in [0, 0.1) is 11.7 Å². The molecular formula is C13H22FN3O. The standard InChI is InChI=1S/C13H22FN3O/c1-5-10-11(14)12(17-8-16-10)15-7-13(4,18)6-9(2)3/h8-9,18H,5-7H2,1-4H3,(H,15,16,17). The van der Waals surface area contributed by atoms with Gasteiger partial charge in [0.05, 0.1) is 11.3 Å². The van der Waals surface area contributed by atoms with Crippen molar-refractivity contribution in [1.82, 2.24) is 9.97 Å². The van der Waals surface area contributed by atoms with E-state index in [1.165, 1.54) is 6.33 Å². The molecule has 102 valence electrons. The number of rotatable bonds is 6. The van der Waals surface area contributed by atoms with Crippen LogP contribution >= 0.6 is 0 Å². The lowest BCUT2D eigenvalue weighted by molar-refractivity contribution is 0.0514. The minimum atomic E-state index is -0.877. The number of nitrogens with zero attached hydrogens (tertiary/aromatic N) is 2. The number of anilines is 1. The summed E-state index contributed by atoms with van der Waals surface area (Å²) in [7, 11) is 0. The van der Waals surface area contributed by atoms with Crippen molar-refractivity contribution in [1.29, 1.82) is 0 Å². The Morgan fingerprint density at radius 2 is 2.11 bits per heavy atom. The lowest BCUT2D eigenvalue weighted by Crippen LogP contribution is -2.35. The van der Waals surface area contributed by atoms with Crippen LogP contribution in [-0.2, 0) is 6.42 Å². The smallest absolute Gasteiger partial charge is 0.186 e. The molecule has 0 aliphatic carbocycles. The molecule has 1 aromatic heterocycles. The van der Waals surface area contributed by atoms with Gasteiger partial charge >= 0.3 is 0 Å². The van der Waals surface area contributed by atoms with Crippen molar-refractivity contribution in [3.8, 4) is 0 Å². The molecule has 1 aromatic rings. The van der Waals surface area contributed by atoms with Crippen molar-refractivity contribution in [2.45, 2.75) is 46.1 Å². The maximum absolute atomic E-state index is 13.8. The van der Waals surface area contributed by atoms with E-state index < -0.39 is 11.4 Å². The first kappa shape index (κ1) is 14.8. The largest absolute Gasteiger partial charge is 0.388 e. The molecule has 0 aliphatic heterocycles. The summed E-state index contributed by atoms with van der Waals surface area (Å²) in [6, 6.07) is 0. The molecule has 2 N–H and O–H groups in total. The Hall–Kier alpha value is -1.23. The summed E-state index contributed by atoms with van der Waals surface area (Å²) in [5.41, 5.74) is -0.492. The minimum Gasteiger partial charge on any atom is -0.388 e. The van der Waals surface area contributed by atoms with E-state index in [1.54, 1.807) is 6.92 Å². The molecule has 1 atom stereocenters. The van der Waals surface area contributed by atoms with Gasteiger partial charge in [-0.2, -0.15) is 0 Å². The van der Waals surface area contributed by atoms with E-state index >= 15 is 0 Å². The Bertz CT molecular complexity index is 394. The van der Waals surface area contributed by atoms with Gasteiger partial charge in [-0.1, -0.05) is 20.8 Å². The molecule has 0 aromatic carbocycles. The van der Waals surface area contributed by atoms with Crippen LogP contribution < -0.4 is 5.32 Å². The molecular weight excluding hydrogens is 233 g/mol. The van der Waals surface area contributed by atoms with Gasteiger partial charge in [0.15, 0.2) is 11.6 Å². The van der Waals surface area contributed by atoms with Crippen LogP contribution in [-0.4, -0.2) is 27.2 Å². The first-order chi connectivity index (χ1) is 8.35. The van der Waals surface area contributed by atoms with Gasteiger partial charge in [-0.05, 0) is 25.7 Å². The van der Waals surface area contributed by atoms with Crippen LogP contribution in [0.25, 0.3) is 0 Å². The van der Waals surface area contributed by atoms with Gasteiger partial charge in [0.1, 0.15) is 6.33 Å². The Balaban J connectivity index is 2.69. The van der Waals surface area contributed by atoms with Crippen LogP contribution in [0.15, 0.2) is 6.33 Å².